The molecule has 2 aromatic carbocycles. The number of aryl methyl sites for hydroxylation is 2. The van der Waals surface area contributed by atoms with Crippen molar-refractivity contribution in [2.45, 2.75) is 46.0 Å². The fourth-order valence-electron chi connectivity index (χ4n) is 3.13. The molecule has 0 fully saturated rings. The monoisotopic (exact) mass is 284 g/mol. The Morgan fingerprint density at radius 2 is 1.29 bits per heavy atom. The van der Waals surface area contributed by atoms with Crippen LogP contribution < -0.4 is 0 Å². The van der Waals surface area contributed by atoms with Crippen molar-refractivity contribution in [2.24, 2.45) is 0 Å². The first-order valence-corrected chi connectivity index (χ1v) is 7.48. The normalized spacial score (nSPS) is 11.6. The molecule has 2 rings (SSSR count). The Morgan fingerprint density at radius 3 is 1.62 bits per heavy atom. The Labute approximate surface area is 127 Å². The standard InChI is InChI=1S/C19H24O2/c1-5-10-19(4,15-8-6-13(2)11-17(15)20)16-9-7-14(3)12-18(16)21/h6-9,11-12,20-21H,5,10H2,1-4H3. The summed E-state index contributed by atoms with van der Waals surface area (Å²) in [5.74, 6) is 0.594. The van der Waals surface area contributed by atoms with Crippen LogP contribution in [0.3, 0.4) is 0 Å². The van der Waals surface area contributed by atoms with Gasteiger partial charge in [0.05, 0.1) is 0 Å². The van der Waals surface area contributed by atoms with Gasteiger partial charge in [0.2, 0.25) is 0 Å². The van der Waals surface area contributed by atoms with Crippen LogP contribution in [0.15, 0.2) is 36.4 Å². The first kappa shape index (κ1) is 15.4. The van der Waals surface area contributed by atoms with Crippen molar-refractivity contribution in [3.8, 4) is 11.5 Å². The largest absolute Gasteiger partial charge is 0.508 e. The van der Waals surface area contributed by atoms with Crippen molar-refractivity contribution in [3.05, 3.63) is 58.7 Å². The quantitative estimate of drug-likeness (QED) is 0.845. The van der Waals surface area contributed by atoms with E-state index in [2.05, 4.69) is 13.8 Å². The first-order chi connectivity index (χ1) is 9.88. The van der Waals surface area contributed by atoms with E-state index < -0.39 is 5.41 Å². The van der Waals surface area contributed by atoms with E-state index in [9.17, 15) is 10.2 Å². The number of aromatic hydroxyl groups is 2. The summed E-state index contributed by atoms with van der Waals surface area (Å²) in [5, 5.41) is 20.8. The van der Waals surface area contributed by atoms with E-state index in [0.717, 1.165) is 35.1 Å². The molecule has 0 radical (unpaired) electrons. The van der Waals surface area contributed by atoms with Gasteiger partial charge in [-0.2, -0.15) is 0 Å². The number of benzene rings is 2. The molecule has 0 spiro atoms. The Kier molecular flexibility index (Phi) is 4.26. The zero-order valence-electron chi connectivity index (χ0n) is 13.3. The molecule has 0 unspecified atom stereocenters. The SMILES string of the molecule is CCCC(C)(c1ccc(C)cc1O)c1ccc(C)cc1O. The third-order valence-electron chi connectivity index (χ3n) is 4.25. The maximum atomic E-state index is 10.4. The molecule has 0 saturated heterocycles. The second-order valence-corrected chi connectivity index (χ2v) is 6.12. The predicted molar refractivity (Wildman–Crippen MR) is 87.0 cm³/mol. The summed E-state index contributed by atoms with van der Waals surface area (Å²) in [4.78, 5) is 0. The average Bonchev–Trinajstić information content (AvgIpc) is 2.38. The molecule has 2 aromatic rings. The van der Waals surface area contributed by atoms with Crippen LogP contribution in [0.1, 0.15) is 48.9 Å². The summed E-state index contributed by atoms with van der Waals surface area (Å²) in [6, 6.07) is 11.5. The van der Waals surface area contributed by atoms with Gasteiger partial charge >= 0.3 is 0 Å². The van der Waals surface area contributed by atoms with E-state index in [-0.39, 0.29) is 0 Å². The maximum absolute atomic E-state index is 10.4. The highest BCUT2D eigenvalue weighted by molar-refractivity contribution is 5.52. The fourth-order valence-corrected chi connectivity index (χ4v) is 3.13. The van der Waals surface area contributed by atoms with Gasteiger partial charge in [0.1, 0.15) is 11.5 Å². The van der Waals surface area contributed by atoms with Gasteiger partial charge in [0.25, 0.3) is 0 Å². The Balaban J connectivity index is 2.64. The predicted octanol–water partition coefficient (Wildman–Crippen LogP) is 4.82. The van der Waals surface area contributed by atoms with E-state index in [0.29, 0.717) is 11.5 Å². The maximum Gasteiger partial charge on any atom is 0.119 e. The van der Waals surface area contributed by atoms with Gasteiger partial charge in [0, 0.05) is 16.5 Å². The van der Waals surface area contributed by atoms with Crippen LogP contribution in [0.2, 0.25) is 0 Å². The lowest BCUT2D eigenvalue weighted by atomic mass is 9.72. The van der Waals surface area contributed by atoms with Gasteiger partial charge < -0.3 is 10.2 Å². The highest BCUT2D eigenvalue weighted by Crippen LogP contribution is 2.44. The third-order valence-corrected chi connectivity index (χ3v) is 4.25. The zero-order valence-corrected chi connectivity index (χ0v) is 13.3. The van der Waals surface area contributed by atoms with E-state index >= 15 is 0 Å². The summed E-state index contributed by atoms with van der Waals surface area (Å²) >= 11 is 0. The molecule has 0 bridgehead atoms. The second kappa shape index (κ2) is 5.80. The lowest BCUT2D eigenvalue weighted by Crippen LogP contribution is -2.24. The number of hydrogen-bond acceptors (Lipinski definition) is 2. The molecule has 0 amide bonds. The lowest BCUT2D eigenvalue weighted by Gasteiger charge is -2.32. The molecule has 21 heavy (non-hydrogen) atoms. The Morgan fingerprint density at radius 1 is 0.857 bits per heavy atom. The summed E-state index contributed by atoms with van der Waals surface area (Å²) in [7, 11) is 0. The second-order valence-electron chi connectivity index (χ2n) is 6.12. The molecular weight excluding hydrogens is 260 g/mol. The topological polar surface area (TPSA) is 40.5 Å². The van der Waals surface area contributed by atoms with E-state index in [1.54, 1.807) is 12.1 Å². The van der Waals surface area contributed by atoms with E-state index in [1.165, 1.54) is 0 Å². The zero-order chi connectivity index (χ0) is 15.6. The third kappa shape index (κ3) is 2.90. The van der Waals surface area contributed by atoms with Crippen LogP contribution in [0, 0.1) is 13.8 Å². The summed E-state index contributed by atoms with van der Waals surface area (Å²) in [6.07, 6.45) is 1.83. The number of rotatable bonds is 4. The summed E-state index contributed by atoms with van der Waals surface area (Å²) < 4.78 is 0. The molecule has 0 saturated carbocycles. The lowest BCUT2D eigenvalue weighted by molar-refractivity contribution is 0.411. The van der Waals surface area contributed by atoms with Crippen LogP contribution in [0.25, 0.3) is 0 Å². The van der Waals surface area contributed by atoms with Gasteiger partial charge in [-0.25, -0.2) is 0 Å². The van der Waals surface area contributed by atoms with Crippen molar-refractivity contribution in [2.75, 3.05) is 0 Å². The number of hydrogen-bond donors (Lipinski definition) is 2. The van der Waals surface area contributed by atoms with Crippen molar-refractivity contribution in [3.63, 3.8) is 0 Å². The van der Waals surface area contributed by atoms with Gasteiger partial charge in [-0.1, -0.05) is 44.5 Å². The molecule has 2 nitrogen and oxygen atoms in total. The minimum Gasteiger partial charge on any atom is -0.508 e. The highest BCUT2D eigenvalue weighted by Gasteiger charge is 2.32. The minimum atomic E-state index is -0.398. The van der Waals surface area contributed by atoms with Crippen LogP contribution in [0.5, 0.6) is 11.5 Å². The summed E-state index contributed by atoms with van der Waals surface area (Å²) in [5.41, 5.74) is 3.40. The Bertz CT molecular complexity index is 593. The van der Waals surface area contributed by atoms with Crippen LogP contribution in [-0.2, 0) is 5.41 Å². The average molecular weight is 284 g/mol. The van der Waals surface area contributed by atoms with Crippen LogP contribution >= 0.6 is 0 Å². The smallest absolute Gasteiger partial charge is 0.119 e. The first-order valence-electron chi connectivity index (χ1n) is 7.48. The van der Waals surface area contributed by atoms with Crippen molar-refractivity contribution in [1.82, 2.24) is 0 Å². The summed E-state index contributed by atoms with van der Waals surface area (Å²) in [6.45, 7) is 8.13. The molecule has 0 aliphatic rings. The highest BCUT2D eigenvalue weighted by atomic mass is 16.3. The van der Waals surface area contributed by atoms with Crippen molar-refractivity contribution in [1.29, 1.82) is 0 Å². The molecule has 0 heterocycles. The molecule has 0 aliphatic carbocycles. The molecule has 2 N–H and O–H groups in total. The van der Waals surface area contributed by atoms with Gasteiger partial charge in [-0.05, 0) is 43.5 Å². The molecule has 112 valence electrons. The fraction of sp³-hybridized carbons (Fsp3) is 0.368. The van der Waals surface area contributed by atoms with Crippen molar-refractivity contribution >= 4 is 0 Å². The molecular formula is C19H24O2. The van der Waals surface area contributed by atoms with Crippen LogP contribution in [0.4, 0.5) is 0 Å². The van der Waals surface area contributed by atoms with E-state index in [1.807, 2.05) is 38.1 Å². The minimum absolute atomic E-state index is 0.297. The van der Waals surface area contributed by atoms with Gasteiger partial charge in [-0.3, -0.25) is 0 Å². The molecule has 0 atom stereocenters. The Hall–Kier alpha value is -1.96. The van der Waals surface area contributed by atoms with E-state index in [4.69, 9.17) is 0 Å². The molecule has 0 aromatic heterocycles. The van der Waals surface area contributed by atoms with Gasteiger partial charge in [0.15, 0.2) is 0 Å². The van der Waals surface area contributed by atoms with Gasteiger partial charge in [-0.15, -0.1) is 0 Å². The van der Waals surface area contributed by atoms with Crippen LogP contribution in [-0.4, -0.2) is 10.2 Å². The number of phenolic OH excluding ortho intramolecular Hbond substituents is 2. The van der Waals surface area contributed by atoms with Crippen molar-refractivity contribution < 1.29 is 10.2 Å². The molecule has 0 aliphatic heterocycles. The number of phenols is 2. The molecule has 2 heteroatoms.